The van der Waals surface area contributed by atoms with E-state index in [9.17, 15) is 10.2 Å². The number of hydrogen-bond donors (Lipinski definition) is 2. The Morgan fingerprint density at radius 1 is 0.606 bits per heavy atom. The number of hydrogen-bond acceptors (Lipinski definition) is 5. The standard InChI is InChI=1S/C28H32O5/c29-25-16-24(20-31-17-21-10-4-1-5-11-21)27(32-18-22-12-6-2-7-13-22)28(26(25)30)33-19-23-14-8-3-9-15-23/h1-15,24-30H,16-20H2/t24-,25+,26+,27-,28-/m1/s1. The Balaban J connectivity index is 1.46. The van der Waals surface area contributed by atoms with Gasteiger partial charge in [0.1, 0.15) is 12.2 Å². The normalized spacial score (nSPS) is 25.1. The molecule has 0 saturated heterocycles. The van der Waals surface area contributed by atoms with Crippen molar-refractivity contribution in [2.75, 3.05) is 6.61 Å². The first kappa shape index (κ1) is 23.6. The zero-order valence-electron chi connectivity index (χ0n) is 18.7. The summed E-state index contributed by atoms with van der Waals surface area (Å²) >= 11 is 0. The van der Waals surface area contributed by atoms with Crippen LogP contribution in [0.4, 0.5) is 0 Å². The average Bonchev–Trinajstić information content (AvgIpc) is 2.86. The second-order valence-corrected chi connectivity index (χ2v) is 8.58. The van der Waals surface area contributed by atoms with Gasteiger partial charge in [-0.2, -0.15) is 0 Å². The monoisotopic (exact) mass is 448 g/mol. The zero-order chi connectivity index (χ0) is 22.9. The van der Waals surface area contributed by atoms with Crippen molar-refractivity contribution < 1.29 is 24.4 Å². The van der Waals surface area contributed by atoms with Crippen LogP contribution in [-0.2, 0) is 34.0 Å². The van der Waals surface area contributed by atoms with Gasteiger partial charge in [0.2, 0.25) is 0 Å². The summed E-state index contributed by atoms with van der Waals surface area (Å²) < 4.78 is 18.5. The van der Waals surface area contributed by atoms with Gasteiger partial charge in [-0.1, -0.05) is 91.0 Å². The summed E-state index contributed by atoms with van der Waals surface area (Å²) in [5.41, 5.74) is 3.14. The van der Waals surface area contributed by atoms with Crippen molar-refractivity contribution in [2.24, 2.45) is 5.92 Å². The van der Waals surface area contributed by atoms with E-state index >= 15 is 0 Å². The van der Waals surface area contributed by atoms with Crippen LogP contribution in [0.1, 0.15) is 23.1 Å². The summed E-state index contributed by atoms with van der Waals surface area (Å²) in [6, 6.07) is 29.7. The van der Waals surface area contributed by atoms with Gasteiger partial charge in [0.25, 0.3) is 0 Å². The molecule has 5 atom stereocenters. The fraction of sp³-hybridized carbons (Fsp3) is 0.357. The number of aliphatic hydroxyl groups is 2. The molecular weight excluding hydrogens is 416 g/mol. The van der Waals surface area contributed by atoms with E-state index in [0.717, 1.165) is 16.7 Å². The molecule has 1 fully saturated rings. The minimum absolute atomic E-state index is 0.114. The summed E-state index contributed by atoms with van der Waals surface area (Å²) in [7, 11) is 0. The van der Waals surface area contributed by atoms with E-state index in [0.29, 0.717) is 32.8 Å². The molecule has 0 spiro atoms. The number of aliphatic hydroxyl groups excluding tert-OH is 2. The molecule has 1 aliphatic rings. The maximum Gasteiger partial charge on any atom is 0.113 e. The van der Waals surface area contributed by atoms with Gasteiger partial charge in [0.05, 0.1) is 38.6 Å². The summed E-state index contributed by atoms with van der Waals surface area (Å²) in [4.78, 5) is 0. The van der Waals surface area contributed by atoms with E-state index in [4.69, 9.17) is 14.2 Å². The van der Waals surface area contributed by atoms with E-state index < -0.39 is 24.4 Å². The van der Waals surface area contributed by atoms with Crippen molar-refractivity contribution in [1.82, 2.24) is 0 Å². The molecule has 1 saturated carbocycles. The minimum Gasteiger partial charge on any atom is -0.390 e. The van der Waals surface area contributed by atoms with Crippen LogP contribution >= 0.6 is 0 Å². The smallest absolute Gasteiger partial charge is 0.113 e. The van der Waals surface area contributed by atoms with Crippen LogP contribution in [0.5, 0.6) is 0 Å². The summed E-state index contributed by atoms with van der Waals surface area (Å²) in [6.45, 7) is 1.62. The maximum atomic E-state index is 10.8. The number of rotatable bonds is 10. The molecule has 0 aliphatic heterocycles. The number of benzene rings is 3. The largest absolute Gasteiger partial charge is 0.390 e. The van der Waals surface area contributed by atoms with E-state index in [1.807, 2.05) is 91.0 Å². The first-order chi connectivity index (χ1) is 16.2. The highest BCUT2D eigenvalue weighted by molar-refractivity contribution is 5.15. The van der Waals surface area contributed by atoms with Gasteiger partial charge in [-0.3, -0.25) is 0 Å². The van der Waals surface area contributed by atoms with Crippen LogP contribution < -0.4 is 0 Å². The molecule has 5 nitrogen and oxygen atoms in total. The van der Waals surface area contributed by atoms with E-state index in [1.54, 1.807) is 0 Å². The third kappa shape index (κ3) is 6.73. The molecule has 174 valence electrons. The molecule has 2 N–H and O–H groups in total. The van der Waals surface area contributed by atoms with Crippen LogP contribution in [-0.4, -0.2) is 41.2 Å². The molecule has 3 aromatic rings. The summed E-state index contributed by atoms with van der Waals surface area (Å²) in [5, 5.41) is 21.4. The Labute approximate surface area is 195 Å². The molecule has 1 aliphatic carbocycles. The molecule has 3 aromatic carbocycles. The van der Waals surface area contributed by atoms with Gasteiger partial charge in [-0.05, 0) is 23.1 Å². The molecule has 0 aromatic heterocycles. The minimum atomic E-state index is -1.03. The average molecular weight is 449 g/mol. The van der Waals surface area contributed by atoms with Gasteiger partial charge in [-0.15, -0.1) is 0 Å². The predicted octanol–water partition coefficient (Wildman–Crippen LogP) is 4.12. The molecule has 0 radical (unpaired) electrons. The lowest BCUT2D eigenvalue weighted by molar-refractivity contribution is -0.208. The molecule has 0 heterocycles. The highest BCUT2D eigenvalue weighted by atomic mass is 16.6. The van der Waals surface area contributed by atoms with E-state index in [1.165, 1.54) is 0 Å². The molecule has 4 rings (SSSR count). The Morgan fingerprint density at radius 2 is 1.06 bits per heavy atom. The SMILES string of the molecule is O[C@@H]1[C@@H](OCc2ccccc2)[C@H](OCc2ccccc2)[C@@H](COCc2ccccc2)C[C@@H]1O. The second-order valence-electron chi connectivity index (χ2n) is 8.58. The zero-order valence-corrected chi connectivity index (χ0v) is 18.7. The van der Waals surface area contributed by atoms with E-state index in [-0.39, 0.29) is 5.92 Å². The molecular formula is C28H32O5. The van der Waals surface area contributed by atoms with Crippen molar-refractivity contribution in [1.29, 1.82) is 0 Å². The van der Waals surface area contributed by atoms with Crippen molar-refractivity contribution >= 4 is 0 Å². The highest BCUT2D eigenvalue weighted by Crippen LogP contribution is 2.32. The Morgan fingerprint density at radius 3 is 1.58 bits per heavy atom. The van der Waals surface area contributed by atoms with Crippen molar-refractivity contribution in [3.05, 3.63) is 108 Å². The fourth-order valence-electron chi connectivity index (χ4n) is 4.29. The van der Waals surface area contributed by atoms with Crippen molar-refractivity contribution in [3.63, 3.8) is 0 Å². The van der Waals surface area contributed by atoms with Crippen LogP contribution in [0.3, 0.4) is 0 Å². The number of ether oxygens (including phenoxy) is 3. The summed E-state index contributed by atoms with van der Waals surface area (Å²) in [5.74, 6) is -0.114. The second kappa shape index (κ2) is 12.1. The Hall–Kier alpha value is -2.54. The van der Waals surface area contributed by atoms with Gasteiger partial charge >= 0.3 is 0 Å². The van der Waals surface area contributed by atoms with Crippen molar-refractivity contribution in [3.8, 4) is 0 Å². The van der Waals surface area contributed by atoms with E-state index in [2.05, 4.69) is 0 Å². The topological polar surface area (TPSA) is 68.2 Å². The fourth-order valence-corrected chi connectivity index (χ4v) is 4.29. The van der Waals surface area contributed by atoms with Crippen LogP contribution in [0.25, 0.3) is 0 Å². The third-order valence-electron chi connectivity index (χ3n) is 6.08. The van der Waals surface area contributed by atoms with Gasteiger partial charge in [-0.25, -0.2) is 0 Å². The highest BCUT2D eigenvalue weighted by Gasteiger charge is 2.45. The Kier molecular flexibility index (Phi) is 8.64. The van der Waals surface area contributed by atoms with Gasteiger partial charge < -0.3 is 24.4 Å². The van der Waals surface area contributed by atoms with Gasteiger partial charge in [0.15, 0.2) is 0 Å². The first-order valence-electron chi connectivity index (χ1n) is 11.5. The lowest BCUT2D eigenvalue weighted by Gasteiger charge is -2.43. The van der Waals surface area contributed by atoms with Crippen molar-refractivity contribution in [2.45, 2.75) is 50.7 Å². The third-order valence-corrected chi connectivity index (χ3v) is 6.08. The molecule has 5 heteroatoms. The molecule has 0 amide bonds. The molecule has 33 heavy (non-hydrogen) atoms. The van der Waals surface area contributed by atoms with Gasteiger partial charge in [0, 0.05) is 5.92 Å². The maximum absolute atomic E-state index is 10.8. The lowest BCUT2D eigenvalue weighted by atomic mass is 9.81. The quantitative estimate of drug-likeness (QED) is 0.489. The predicted molar refractivity (Wildman–Crippen MR) is 126 cm³/mol. The first-order valence-corrected chi connectivity index (χ1v) is 11.5. The van der Waals surface area contributed by atoms with Crippen LogP contribution in [0.2, 0.25) is 0 Å². The summed E-state index contributed by atoms with van der Waals surface area (Å²) in [6.07, 6.45) is -2.61. The lowest BCUT2D eigenvalue weighted by Crippen LogP contribution is -2.56. The van der Waals surface area contributed by atoms with Crippen LogP contribution in [0, 0.1) is 5.92 Å². The Bertz CT molecular complexity index is 934. The van der Waals surface area contributed by atoms with Crippen LogP contribution in [0.15, 0.2) is 91.0 Å². The molecule has 0 bridgehead atoms. The molecule has 0 unspecified atom stereocenters.